The minimum Gasteiger partial charge on any atom is -0.456 e. The van der Waals surface area contributed by atoms with E-state index in [9.17, 15) is 14.7 Å². The summed E-state index contributed by atoms with van der Waals surface area (Å²) in [6.45, 7) is 17.8. The molecule has 2 aromatic carbocycles. The van der Waals surface area contributed by atoms with E-state index in [-0.39, 0.29) is 24.7 Å². The van der Waals surface area contributed by atoms with Gasteiger partial charge >= 0.3 is 11.9 Å². The molecule has 2 fully saturated rings. The van der Waals surface area contributed by atoms with E-state index in [4.69, 9.17) is 42.6 Å². The van der Waals surface area contributed by atoms with Gasteiger partial charge in [-0.3, -0.25) is 4.90 Å². The molecule has 14 nitrogen and oxygen atoms in total. The summed E-state index contributed by atoms with van der Waals surface area (Å²) in [4.78, 5) is 31.1. The van der Waals surface area contributed by atoms with Crippen LogP contribution in [0.1, 0.15) is 91.1 Å². The lowest BCUT2D eigenvalue weighted by atomic mass is 9.80. The Kier molecular flexibility index (Phi) is 16.8. The molecular formula is C48H72N2O12. The van der Waals surface area contributed by atoms with Gasteiger partial charge in [-0.05, 0) is 92.2 Å². The van der Waals surface area contributed by atoms with Crippen molar-refractivity contribution >= 4 is 11.9 Å². The first kappa shape index (κ1) is 49.6. The van der Waals surface area contributed by atoms with Crippen molar-refractivity contribution in [1.29, 1.82) is 0 Å². The third-order valence-corrected chi connectivity index (χ3v) is 12.3. The van der Waals surface area contributed by atoms with Crippen LogP contribution >= 0.6 is 0 Å². The topological polar surface area (TPSA) is 144 Å². The fraction of sp³-hybridized carbons (Fsp3) is 0.667. The van der Waals surface area contributed by atoms with Crippen molar-refractivity contribution in [3.63, 3.8) is 0 Å². The number of aliphatic hydroxyl groups excluding tert-OH is 1. The quantitative estimate of drug-likeness (QED) is 0.148. The smallest absolute Gasteiger partial charge is 0.340 e. The first-order valence-electron chi connectivity index (χ1n) is 21.9. The summed E-state index contributed by atoms with van der Waals surface area (Å²) in [7, 11) is 7.51. The summed E-state index contributed by atoms with van der Waals surface area (Å²) in [5, 5.41) is 11.0. The SMILES string of the molecule is COC(C)(C[C@@H](C)CN(C)[C@@H](CO)[C@H](OCc1ccccc1)C1COC(C)(C)O1)[C@H](OC1OC(C)CC(N(C)C)C1OC(=O)c1ccccc1)[C@@H](C)C1=C(C)C(=O)OC(C)(C)O1. The minimum absolute atomic E-state index is 0.0551. The summed E-state index contributed by atoms with van der Waals surface area (Å²) in [5.41, 5.74) is 0.696. The molecule has 3 heterocycles. The molecule has 3 aliphatic heterocycles. The highest BCUT2D eigenvalue weighted by atomic mass is 16.8. The number of ether oxygens (including phenoxy) is 9. The van der Waals surface area contributed by atoms with E-state index in [0.29, 0.717) is 49.5 Å². The average Bonchev–Trinajstić information content (AvgIpc) is 3.59. The van der Waals surface area contributed by atoms with Crippen LogP contribution in [0, 0.1) is 11.8 Å². The normalized spacial score (nSPS) is 27.2. The van der Waals surface area contributed by atoms with Crippen molar-refractivity contribution < 1.29 is 57.3 Å². The maximum absolute atomic E-state index is 13.7. The van der Waals surface area contributed by atoms with E-state index < -0.39 is 71.8 Å². The highest BCUT2D eigenvalue weighted by Crippen LogP contribution is 2.41. The molecule has 62 heavy (non-hydrogen) atoms. The zero-order valence-electron chi connectivity index (χ0n) is 39.1. The Labute approximate surface area is 369 Å². The number of likely N-dealkylation sites (N-methyl/N-ethyl adjacent to an activating group) is 2. The van der Waals surface area contributed by atoms with Gasteiger partial charge in [-0.2, -0.15) is 0 Å². The number of benzene rings is 2. The van der Waals surface area contributed by atoms with Gasteiger partial charge in [0.15, 0.2) is 18.2 Å². The number of aliphatic hydroxyl groups is 1. The van der Waals surface area contributed by atoms with Crippen molar-refractivity contribution in [2.24, 2.45) is 11.8 Å². The lowest BCUT2D eigenvalue weighted by Crippen LogP contribution is -2.60. The maximum atomic E-state index is 13.7. The van der Waals surface area contributed by atoms with E-state index in [1.54, 1.807) is 52.1 Å². The van der Waals surface area contributed by atoms with E-state index >= 15 is 0 Å². The fourth-order valence-electron chi connectivity index (χ4n) is 9.10. The van der Waals surface area contributed by atoms with Gasteiger partial charge < -0.3 is 52.6 Å². The number of cyclic esters (lactones) is 1. The summed E-state index contributed by atoms with van der Waals surface area (Å²) in [6, 6.07) is 18.1. The number of hydrogen-bond acceptors (Lipinski definition) is 14. The Morgan fingerprint density at radius 2 is 1.63 bits per heavy atom. The largest absolute Gasteiger partial charge is 0.456 e. The van der Waals surface area contributed by atoms with Crippen molar-refractivity contribution in [3.05, 3.63) is 83.1 Å². The molecule has 14 heteroatoms. The molecule has 0 amide bonds. The Bertz CT molecular complexity index is 1790. The summed E-state index contributed by atoms with van der Waals surface area (Å²) >= 11 is 0. The minimum atomic E-state index is -1.23. The summed E-state index contributed by atoms with van der Waals surface area (Å²) < 4.78 is 57.4. The Morgan fingerprint density at radius 3 is 2.21 bits per heavy atom. The van der Waals surface area contributed by atoms with Crippen LogP contribution in [0.3, 0.4) is 0 Å². The number of esters is 2. The van der Waals surface area contributed by atoms with Gasteiger partial charge in [0.05, 0.1) is 60.8 Å². The lowest BCUT2D eigenvalue weighted by Gasteiger charge is -2.48. The van der Waals surface area contributed by atoms with Crippen LogP contribution < -0.4 is 0 Å². The van der Waals surface area contributed by atoms with Crippen molar-refractivity contribution in [3.8, 4) is 0 Å². The number of rotatable bonds is 20. The molecule has 2 aromatic rings. The molecule has 2 saturated heterocycles. The molecule has 0 aliphatic carbocycles. The van der Waals surface area contributed by atoms with Gasteiger partial charge in [-0.25, -0.2) is 9.59 Å². The highest BCUT2D eigenvalue weighted by molar-refractivity contribution is 5.90. The molecule has 5 rings (SSSR count). The van der Waals surface area contributed by atoms with Gasteiger partial charge in [-0.1, -0.05) is 62.4 Å². The molecule has 0 aromatic heterocycles. The Balaban J connectivity index is 1.46. The van der Waals surface area contributed by atoms with Crippen LogP contribution in [0.4, 0.5) is 0 Å². The molecule has 3 aliphatic rings. The second kappa shape index (κ2) is 21.0. The number of carbonyl (C=O) groups is 2. The Hall–Kier alpha value is -3.44. The molecular weight excluding hydrogens is 797 g/mol. The number of hydrogen-bond donors (Lipinski definition) is 1. The van der Waals surface area contributed by atoms with Crippen molar-refractivity contribution in [2.75, 3.05) is 48.0 Å². The maximum Gasteiger partial charge on any atom is 0.340 e. The van der Waals surface area contributed by atoms with E-state index in [1.807, 2.05) is 97.1 Å². The Morgan fingerprint density at radius 1 is 0.984 bits per heavy atom. The zero-order valence-corrected chi connectivity index (χ0v) is 39.1. The van der Waals surface area contributed by atoms with Gasteiger partial charge in [0, 0.05) is 33.4 Å². The van der Waals surface area contributed by atoms with Gasteiger partial charge in [0.1, 0.15) is 18.0 Å². The number of methoxy groups -OCH3 is 1. The van der Waals surface area contributed by atoms with Gasteiger partial charge in [-0.15, -0.1) is 0 Å². The van der Waals surface area contributed by atoms with Gasteiger partial charge in [0.25, 0.3) is 0 Å². The molecule has 6 unspecified atom stereocenters. The average molecular weight is 869 g/mol. The second-order valence-electron chi connectivity index (χ2n) is 18.7. The second-order valence-corrected chi connectivity index (χ2v) is 18.7. The lowest BCUT2D eigenvalue weighted by molar-refractivity contribution is -0.298. The fourth-order valence-corrected chi connectivity index (χ4v) is 9.10. The summed E-state index contributed by atoms with van der Waals surface area (Å²) in [5.74, 6) is -3.22. The van der Waals surface area contributed by atoms with Crippen molar-refractivity contribution in [1.82, 2.24) is 9.80 Å². The molecule has 0 saturated carbocycles. The van der Waals surface area contributed by atoms with Crippen LogP contribution in [0.25, 0.3) is 0 Å². The van der Waals surface area contributed by atoms with E-state index in [2.05, 4.69) is 11.8 Å². The predicted octanol–water partition coefficient (Wildman–Crippen LogP) is 6.34. The third-order valence-electron chi connectivity index (χ3n) is 12.3. The molecule has 0 spiro atoms. The highest BCUT2D eigenvalue weighted by Gasteiger charge is 2.51. The molecule has 346 valence electrons. The van der Waals surface area contributed by atoms with Crippen LogP contribution in [0.15, 0.2) is 72.0 Å². The third kappa shape index (κ3) is 12.4. The predicted molar refractivity (Wildman–Crippen MR) is 233 cm³/mol. The molecule has 0 radical (unpaired) electrons. The monoisotopic (exact) mass is 869 g/mol. The molecule has 11 atom stereocenters. The van der Waals surface area contributed by atoms with Crippen LogP contribution in [0.5, 0.6) is 0 Å². The summed E-state index contributed by atoms with van der Waals surface area (Å²) in [6.07, 6.45) is -2.80. The first-order chi connectivity index (χ1) is 29.2. The van der Waals surface area contributed by atoms with Crippen LogP contribution in [-0.4, -0.2) is 141 Å². The van der Waals surface area contributed by atoms with Crippen LogP contribution in [0.2, 0.25) is 0 Å². The standard InChI is InChI=1S/C48H72N2O12/c1-30(26-50(12)37(27-51)40(38-29-56-46(5,6)60-38)55-28-34-20-16-14-17-21-34)25-48(9,54-13)42(32(3)39-33(4)43(52)62-47(7,8)61-39)59-45-41(36(49(10)11)24-31(2)57-45)58-44(53)35-22-18-15-19-23-35/h14-23,30-32,36-38,40-42,45,51H,24-29H2,1-13H3/t30-,31?,32+,36?,37+,38?,40+,41?,42-,45?,48?/m1/s1. The van der Waals surface area contributed by atoms with Crippen LogP contribution in [-0.2, 0) is 54.0 Å². The van der Waals surface area contributed by atoms with Gasteiger partial charge in [0.2, 0.25) is 5.79 Å². The first-order valence-corrected chi connectivity index (χ1v) is 21.9. The van der Waals surface area contributed by atoms with E-state index in [0.717, 1.165) is 5.56 Å². The van der Waals surface area contributed by atoms with E-state index in [1.165, 1.54) is 0 Å². The number of nitrogens with zero attached hydrogens (tertiary/aromatic N) is 2. The zero-order chi connectivity index (χ0) is 45.6. The van der Waals surface area contributed by atoms with Crippen molar-refractivity contribution in [2.45, 2.75) is 148 Å². The molecule has 0 bridgehead atoms. The number of carbonyl (C=O) groups excluding carboxylic acids is 2. The molecule has 1 N–H and O–H groups in total.